The molecule has 0 atom stereocenters. The van der Waals surface area contributed by atoms with E-state index in [1.807, 2.05) is 0 Å². The highest BCUT2D eigenvalue weighted by molar-refractivity contribution is 7.51. The molecule has 0 saturated carbocycles. The minimum atomic E-state index is -4.18. The van der Waals surface area contributed by atoms with Crippen molar-refractivity contribution < 1.29 is 19.1 Å². The lowest BCUT2D eigenvalue weighted by Crippen LogP contribution is -2.08. The van der Waals surface area contributed by atoms with E-state index in [1.54, 1.807) is 4.57 Å². The van der Waals surface area contributed by atoms with Crippen molar-refractivity contribution in [2.45, 2.75) is 6.54 Å². The van der Waals surface area contributed by atoms with E-state index >= 15 is 0 Å². The molecule has 0 aromatic carbocycles. The SMILES string of the molecule is C=C(COCP(=O)(O)O)Cn1cnc2c(N)nc(N)nc21. The summed E-state index contributed by atoms with van der Waals surface area (Å²) in [6.07, 6.45) is 0.849. The Morgan fingerprint density at radius 2 is 2.14 bits per heavy atom. The molecule has 0 amide bonds. The fourth-order valence-electron chi connectivity index (χ4n) is 1.69. The van der Waals surface area contributed by atoms with Gasteiger partial charge in [-0.3, -0.25) is 4.57 Å². The summed E-state index contributed by atoms with van der Waals surface area (Å²) in [5, 5.41) is 0. The molecule has 10 nitrogen and oxygen atoms in total. The van der Waals surface area contributed by atoms with Crippen LogP contribution in [0.1, 0.15) is 0 Å². The Kier molecular flexibility index (Phi) is 4.24. The summed E-state index contributed by atoms with van der Waals surface area (Å²) in [6.45, 7) is 4.07. The molecule has 0 aliphatic carbocycles. The molecular formula is C10H15N6O4P. The number of nitrogens with zero attached hydrogens (tertiary/aromatic N) is 4. The van der Waals surface area contributed by atoms with E-state index in [0.29, 0.717) is 23.3 Å². The van der Waals surface area contributed by atoms with Gasteiger partial charge in [0.2, 0.25) is 5.95 Å². The summed E-state index contributed by atoms with van der Waals surface area (Å²) >= 11 is 0. The van der Waals surface area contributed by atoms with Crippen LogP contribution in [-0.2, 0) is 15.8 Å². The Morgan fingerprint density at radius 3 is 2.81 bits per heavy atom. The number of nitrogen functional groups attached to an aromatic ring is 2. The number of imidazole rings is 1. The van der Waals surface area contributed by atoms with E-state index in [4.69, 9.17) is 26.0 Å². The highest BCUT2D eigenvalue weighted by atomic mass is 31.2. The summed E-state index contributed by atoms with van der Waals surface area (Å²) in [5.74, 6) is 0.213. The van der Waals surface area contributed by atoms with E-state index in [-0.39, 0.29) is 18.4 Å². The molecule has 0 unspecified atom stereocenters. The molecule has 0 aliphatic heterocycles. The Hall–Kier alpha value is -2.00. The first kappa shape index (κ1) is 15.4. The second-order valence-corrected chi connectivity index (χ2v) is 5.99. The van der Waals surface area contributed by atoms with Gasteiger partial charge in [0, 0.05) is 6.54 Å². The van der Waals surface area contributed by atoms with E-state index < -0.39 is 13.9 Å². The van der Waals surface area contributed by atoms with Crippen LogP contribution < -0.4 is 11.5 Å². The minimum Gasteiger partial charge on any atom is -0.382 e. The predicted molar refractivity (Wildman–Crippen MR) is 76.2 cm³/mol. The number of nitrogens with two attached hydrogens (primary N) is 2. The summed E-state index contributed by atoms with van der Waals surface area (Å²) in [7, 11) is -4.18. The van der Waals surface area contributed by atoms with Crippen LogP contribution in [0, 0.1) is 0 Å². The molecule has 2 heterocycles. The zero-order valence-electron chi connectivity index (χ0n) is 11.0. The Bertz CT molecular complexity index is 724. The van der Waals surface area contributed by atoms with Crippen molar-refractivity contribution in [3.05, 3.63) is 18.5 Å². The average Bonchev–Trinajstić information content (AvgIpc) is 2.71. The van der Waals surface area contributed by atoms with Crippen molar-refractivity contribution in [1.29, 1.82) is 0 Å². The molecule has 2 rings (SSSR count). The second kappa shape index (κ2) is 5.78. The van der Waals surface area contributed by atoms with Crippen molar-refractivity contribution in [2.24, 2.45) is 0 Å². The zero-order chi connectivity index (χ0) is 15.6. The largest absolute Gasteiger partial charge is 0.382 e. The van der Waals surface area contributed by atoms with Crippen LogP contribution in [0.4, 0.5) is 11.8 Å². The number of anilines is 2. The molecule has 114 valence electrons. The number of rotatable bonds is 6. The standard InChI is InChI=1S/C10H15N6O4P/c1-6(3-20-5-21(17,18)19)2-16-4-13-7-8(11)14-10(12)15-9(7)16/h4H,1-3,5H2,(H2,17,18,19)(H4,11,12,14,15). The van der Waals surface area contributed by atoms with Gasteiger partial charge in [0.05, 0.1) is 12.9 Å². The fraction of sp³-hybridized carbons (Fsp3) is 0.300. The molecule has 0 radical (unpaired) electrons. The van der Waals surface area contributed by atoms with Crippen LogP contribution in [0.15, 0.2) is 18.5 Å². The number of fused-ring (bicyclic) bond motifs is 1. The van der Waals surface area contributed by atoms with E-state index in [9.17, 15) is 4.57 Å². The lowest BCUT2D eigenvalue weighted by molar-refractivity contribution is 0.176. The van der Waals surface area contributed by atoms with Gasteiger partial charge in [-0.05, 0) is 5.57 Å². The molecule has 0 fully saturated rings. The third kappa shape index (κ3) is 3.99. The highest BCUT2D eigenvalue weighted by Gasteiger charge is 2.14. The molecule has 6 N–H and O–H groups in total. The molecule has 0 aliphatic rings. The van der Waals surface area contributed by atoms with E-state index in [1.165, 1.54) is 6.33 Å². The third-order valence-corrected chi connectivity index (χ3v) is 2.99. The first-order valence-corrected chi connectivity index (χ1v) is 7.59. The van der Waals surface area contributed by atoms with Crippen molar-refractivity contribution in [1.82, 2.24) is 19.5 Å². The Morgan fingerprint density at radius 1 is 1.43 bits per heavy atom. The third-order valence-electron chi connectivity index (χ3n) is 2.47. The fourth-order valence-corrected chi connectivity index (χ4v) is 2.02. The lowest BCUT2D eigenvalue weighted by atomic mass is 10.3. The smallest absolute Gasteiger partial charge is 0.350 e. The topological polar surface area (TPSA) is 162 Å². The van der Waals surface area contributed by atoms with Crippen LogP contribution in [-0.4, -0.2) is 42.3 Å². The zero-order valence-corrected chi connectivity index (χ0v) is 11.9. The van der Waals surface area contributed by atoms with Gasteiger partial charge in [0.15, 0.2) is 11.5 Å². The lowest BCUT2D eigenvalue weighted by Gasteiger charge is -2.09. The average molecular weight is 314 g/mol. The Balaban J connectivity index is 2.06. The van der Waals surface area contributed by atoms with Gasteiger partial charge in [0.25, 0.3) is 0 Å². The van der Waals surface area contributed by atoms with Crippen molar-refractivity contribution >= 4 is 30.5 Å². The van der Waals surface area contributed by atoms with Crippen molar-refractivity contribution in [3.63, 3.8) is 0 Å². The van der Waals surface area contributed by atoms with Gasteiger partial charge >= 0.3 is 7.60 Å². The minimum absolute atomic E-state index is 0.000825. The molecule has 0 bridgehead atoms. The van der Waals surface area contributed by atoms with Crippen LogP contribution in [0.5, 0.6) is 0 Å². The van der Waals surface area contributed by atoms with Gasteiger partial charge < -0.3 is 30.6 Å². The molecule has 0 spiro atoms. The maximum Gasteiger partial charge on any atom is 0.350 e. The molecule has 2 aromatic heterocycles. The summed E-state index contributed by atoms with van der Waals surface area (Å²) < 4.78 is 17.2. The van der Waals surface area contributed by atoms with Gasteiger partial charge in [-0.2, -0.15) is 9.97 Å². The quantitative estimate of drug-likeness (QED) is 0.414. The summed E-state index contributed by atoms with van der Waals surface area (Å²) in [4.78, 5) is 29.3. The highest BCUT2D eigenvalue weighted by Crippen LogP contribution is 2.33. The maximum atomic E-state index is 10.7. The second-order valence-electron chi connectivity index (χ2n) is 4.40. The summed E-state index contributed by atoms with van der Waals surface area (Å²) in [5.41, 5.74) is 12.7. The monoisotopic (exact) mass is 314 g/mol. The number of hydrogen-bond acceptors (Lipinski definition) is 7. The Labute approximate surface area is 119 Å². The molecule has 0 saturated heterocycles. The molecular weight excluding hydrogens is 299 g/mol. The van der Waals surface area contributed by atoms with Gasteiger partial charge in [-0.15, -0.1) is 0 Å². The first-order valence-electron chi connectivity index (χ1n) is 5.79. The van der Waals surface area contributed by atoms with Crippen LogP contribution in [0.3, 0.4) is 0 Å². The predicted octanol–water partition coefficient (Wildman–Crippen LogP) is -0.301. The van der Waals surface area contributed by atoms with Crippen LogP contribution >= 0.6 is 7.60 Å². The molecule has 11 heteroatoms. The van der Waals surface area contributed by atoms with E-state index in [2.05, 4.69) is 21.5 Å². The van der Waals surface area contributed by atoms with Gasteiger partial charge in [-0.25, -0.2) is 4.98 Å². The molecule has 21 heavy (non-hydrogen) atoms. The normalized spacial score (nSPS) is 11.9. The van der Waals surface area contributed by atoms with Crippen molar-refractivity contribution in [2.75, 3.05) is 24.4 Å². The van der Waals surface area contributed by atoms with Gasteiger partial charge in [-0.1, -0.05) is 6.58 Å². The van der Waals surface area contributed by atoms with Crippen LogP contribution in [0.2, 0.25) is 0 Å². The van der Waals surface area contributed by atoms with Gasteiger partial charge in [0.1, 0.15) is 11.9 Å². The van der Waals surface area contributed by atoms with Crippen molar-refractivity contribution in [3.8, 4) is 0 Å². The number of ether oxygens (including phenoxy) is 1. The first-order chi connectivity index (χ1) is 9.76. The summed E-state index contributed by atoms with van der Waals surface area (Å²) in [6, 6.07) is 0. The maximum absolute atomic E-state index is 10.7. The van der Waals surface area contributed by atoms with Crippen LogP contribution in [0.25, 0.3) is 11.2 Å². The molecule has 2 aromatic rings. The number of aromatic nitrogens is 4. The number of hydrogen-bond donors (Lipinski definition) is 4. The van der Waals surface area contributed by atoms with E-state index in [0.717, 1.165) is 0 Å².